The largest absolute Gasteiger partial charge is 0.368 e. The SMILES string of the molecule is CC[C@H](C)[C@@H](NC(=O)CC/C=C/c1ccccc1)C(N)=O. The molecule has 0 fully saturated rings. The highest BCUT2D eigenvalue weighted by atomic mass is 16.2. The van der Waals surface area contributed by atoms with Gasteiger partial charge in [-0.05, 0) is 17.9 Å². The molecule has 3 N–H and O–H groups in total. The van der Waals surface area contributed by atoms with Gasteiger partial charge < -0.3 is 11.1 Å². The Hall–Kier alpha value is -2.10. The lowest BCUT2D eigenvalue weighted by molar-refractivity contribution is -0.128. The fraction of sp³-hybridized carbons (Fsp3) is 0.412. The molecule has 0 bridgehead atoms. The van der Waals surface area contributed by atoms with Crippen LogP contribution in [0.2, 0.25) is 0 Å². The van der Waals surface area contributed by atoms with Gasteiger partial charge in [-0.3, -0.25) is 9.59 Å². The molecule has 0 unspecified atom stereocenters. The smallest absolute Gasteiger partial charge is 0.240 e. The zero-order valence-electron chi connectivity index (χ0n) is 12.7. The van der Waals surface area contributed by atoms with Gasteiger partial charge in [0.1, 0.15) is 6.04 Å². The molecule has 21 heavy (non-hydrogen) atoms. The lowest BCUT2D eigenvalue weighted by Crippen LogP contribution is -2.48. The average Bonchev–Trinajstić information content (AvgIpc) is 2.49. The first-order valence-corrected chi connectivity index (χ1v) is 7.34. The van der Waals surface area contributed by atoms with Crippen molar-refractivity contribution in [3.63, 3.8) is 0 Å². The third kappa shape index (κ3) is 6.25. The quantitative estimate of drug-likeness (QED) is 0.771. The van der Waals surface area contributed by atoms with E-state index in [1.54, 1.807) is 0 Å². The summed E-state index contributed by atoms with van der Waals surface area (Å²) in [5.74, 6) is -0.569. The van der Waals surface area contributed by atoms with E-state index in [-0.39, 0.29) is 11.8 Å². The van der Waals surface area contributed by atoms with Gasteiger partial charge in [-0.1, -0.05) is 62.8 Å². The Balaban J connectivity index is 2.39. The Bertz CT molecular complexity index is 483. The maximum absolute atomic E-state index is 11.8. The summed E-state index contributed by atoms with van der Waals surface area (Å²) in [4.78, 5) is 23.2. The Labute approximate surface area is 126 Å². The molecular formula is C17H24N2O2. The van der Waals surface area contributed by atoms with E-state index in [1.807, 2.05) is 56.3 Å². The minimum Gasteiger partial charge on any atom is -0.368 e. The van der Waals surface area contributed by atoms with E-state index < -0.39 is 11.9 Å². The lowest BCUT2D eigenvalue weighted by atomic mass is 9.98. The summed E-state index contributed by atoms with van der Waals surface area (Å²) in [6.45, 7) is 3.88. The predicted octanol–water partition coefficient (Wildman–Crippen LogP) is 2.50. The Morgan fingerprint density at radius 1 is 1.29 bits per heavy atom. The summed E-state index contributed by atoms with van der Waals surface area (Å²) in [5, 5.41) is 2.72. The molecule has 0 aromatic heterocycles. The van der Waals surface area contributed by atoms with Gasteiger partial charge in [0.15, 0.2) is 0 Å². The molecule has 2 amide bonds. The van der Waals surface area contributed by atoms with E-state index in [2.05, 4.69) is 5.32 Å². The first-order valence-electron chi connectivity index (χ1n) is 7.34. The van der Waals surface area contributed by atoms with Crippen molar-refractivity contribution in [3.05, 3.63) is 42.0 Å². The molecule has 1 aromatic rings. The molecule has 4 nitrogen and oxygen atoms in total. The summed E-state index contributed by atoms with van der Waals surface area (Å²) >= 11 is 0. The van der Waals surface area contributed by atoms with Crippen LogP contribution in [0.1, 0.15) is 38.7 Å². The van der Waals surface area contributed by atoms with Gasteiger partial charge in [0.2, 0.25) is 11.8 Å². The van der Waals surface area contributed by atoms with E-state index in [4.69, 9.17) is 5.73 Å². The number of hydrogen-bond donors (Lipinski definition) is 2. The lowest BCUT2D eigenvalue weighted by Gasteiger charge is -2.20. The van der Waals surface area contributed by atoms with Crippen LogP contribution in [0, 0.1) is 5.92 Å². The van der Waals surface area contributed by atoms with Crippen molar-refractivity contribution < 1.29 is 9.59 Å². The molecular weight excluding hydrogens is 264 g/mol. The first-order chi connectivity index (χ1) is 10.0. The fourth-order valence-corrected chi connectivity index (χ4v) is 1.97. The van der Waals surface area contributed by atoms with Gasteiger partial charge in [0.25, 0.3) is 0 Å². The molecule has 0 aliphatic rings. The minimum absolute atomic E-state index is 0.0475. The third-order valence-electron chi connectivity index (χ3n) is 3.48. The number of amides is 2. The van der Waals surface area contributed by atoms with Gasteiger partial charge in [-0.15, -0.1) is 0 Å². The van der Waals surface area contributed by atoms with E-state index >= 15 is 0 Å². The monoisotopic (exact) mass is 288 g/mol. The van der Waals surface area contributed by atoms with Crippen LogP contribution in [-0.4, -0.2) is 17.9 Å². The molecule has 0 radical (unpaired) electrons. The van der Waals surface area contributed by atoms with Crippen LogP contribution >= 0.6 is 0 Å². The third-order valence-corrected chi connectivity index (χ3v) is 3.48. The number of allylic oxidation sites excluding steroid dienone is 1. The minimum atomic E-state index is -0.583. The van der Waals surface area contributed by atoms with E-state index in [9.17, 15) is 9.59 Å². The van der Waals surface area contributed by atoms with Crippen LogP contribution in [0.15, 0.2) is 36.4 Å². The van der Waals surface area contributed by atoms with Crippen molar-refractivity contribution >= 4 is 17.9 Å². The average molecular weight is 288 g/mol. The van der Waals surface area contributed by atoms with Crippen LogP contribution in [-0.2, 0) is 9.59 Å². The second kappa shape index (κ2) is 8.95. The summed E-state index contributed by atoms with van der Waals surface area (Å²) in [5.41, 5.74) is 6.43. The maximum Gasteiger partial charge on any atom is 0.240 e. The number of rotatable bonds is 8. The molecule has 0 spiro atoms. The van der Waals surface area contributed by atoms with Crippen molar-refractivity contribution in [2.24, 2.45) is 11.7 Å². The number of carbonyl (C=O) groups excluding carboxylic acids is 2. The van der Waals surface area contributed by atoms with Gasteiger partial charge in [0, 0.05) is 6.42 Å². The van der Waals surface area contributed by atoms with E-state index in [0.717, 1.165) is 12.0 Å². The Kier molecular flexibility index (Phi) is 7.23. The highest BCUT2D eigenvalue weighted by molar-refractivity contribution is 5.86. The van der Waals surface area contributed by atoms with Gasteiger partial charge in [-0.2, -0.15) is 0 Å². The predicted molar refractivity (Wildman–Crippen MR) is 85.3 cm³/mol. The molecule has 4 heteroatoms. The van der Waals surface area contributed by atoms with Gasteiger partial charge in [-0.25, -0.2) is 0 Å². The van der Waals surface area contributed by atoms with Crippen molar-refractivity contribution in [1.82, 2.24) is 5.32 Å². The fourth-order valence-electron chi connectivity index (χ4n) is 1.97. The second-order valence-corrected chi connectivity index (χ2v) is 5.18. The molecule has 1 aromatic carbocycles. The normalized spacial score (nSPS) is 13.8. The number of primary amides is 1. The maximum atomic E-state index is 11.8. The zero-order valence-corrected chi connectivity index (χ0v) is 12.7. The zero-order chi connectivity index (χ0) is 15.7. The number of nitrogens with two attached hydrogens (primary N) is 1. The van der Waals surface area contributed by atoms with Crippen molar-refractivity contribution in [1.29, 1.82) is 0 Å². The highest BCUT2D eigenvalue weighted by Crippen LogP contribution is 2.08. The van der Waals surface area contributed by atoms with Crippen LogP contribution in [0.5, 0.6) is 0 Å². The van der Waals surface area contributed by atoms with Gasteiger partial charge >= 0.3 is 0 Å². The van der Waals surface area contributed by atoms with E-state index in [1.165, 1.54) is 0 Å². The molecule has 0 saturated carbocycles. The summed E-state index contributed by atoms with van der Waals surface area (Å²) < 4.78 is 0. The molecule has 0 heterocycles. The number of nitrogens with one attached hydrogen (secondary N) is 1. The topological polar surface area (TPSA) is 72.2 Å². The second-order valence-electron chi connectivity index (χ2n) is 5.18. The molecule has 2 atom stereocenters. The Morgan fingerprint density at radius 2 is 1.95 bits per heavy atom. The van der Waals surface area contributed by atoms with Crippen LogP contribution < -0.4 is 11.1 Å². The summed E-state index contributed by atoms with van der Waals surface area (Å²) in [6.07, 6.45) is 5.71. The summed E-state index contributed by atoms with van der Waals surface area (Å²) in [7, 11) is 0. The summed E-state index contributed by atoms with van der Waals surface area (Å²) in [6, 6.07) is 9.32. The number of hydrogen-bond acceptors (Lipinski definition) is 2. The van der Waals surface area contributed by atoms with Crippen molar-refractivity contribution in [2.75, 3.05) is 0 Å². The van der Waals surface area contributed by atoms with Crippen LogP contribution in [0.4, 0.5) is 0 Å². The first kappa shape index (κ1) is 17.0. The highest BCUT2D eigenvalue weighted by Gasteiger charge is 2.22. The van der Waals surface area contributed by atoms with Crippen molar-refractivity contribution in [2.45, 2.75) is 39.2 Å². The molecule has 0 aliphatic heterocycles. The van der Waals surface area contributed by atoms with Crippen molar-refractivity contribution in [3.8, 4) is 0 Å². The van der Waals surface area contributed by atoms with Crippen LogP contribution in [0.3, 0.4) is 0 Å². The molecule has 1 rings (SSSR count). The molecule has 0 aliphatic carbocycles. The van der Waals surface area contributed by atoms with Gasteiger partial charge in [0.05, 0.1) is 0 Å². The number of carbonyl (C=O) groups is 2. The Morgan fingerprint density at radius 3 is 2.52 bits per heavy atom. The molecule has 114 valence electrons. The van der Waals surface area contributed by atoms with E-state index in [0.29, 0.717) is 12.8 Å². The standard InChI is InChI=1S/C17H24N2O2/c1-3-13(2)16(17(18)21)19-15(20)12-8-7-11-14-9-5-4-6-10-14/h4-7,9-11,13,16H,3,8,12H2,1-2H3,(H2,18,21)(H,19,20)/b11-7+/t13-,16+/m0/s1. The number of benzene rings is 1. The van der Waals surface area contributed by atoms with Crippen LogP contribution in [0.25, 0.3) is 6.08 Å². The molecule has 0 saturated heterocycles.